The number of amides is 1. The molecule has 0 N–H and O–H groups in total. The van der Waals surface area contributed by atoms with Gasteiger partial charge in [0.2, 0.25) is 0 Å². The molecule has 1 aliphatic heterocycles. The first-order chi connectivity index (χ1) is 12.3. The number of carbonyl (C=O) groups excluding carboxylic acids is 2. The molecule has 0 radical (unpaired) electrons. The molecule has 0 spiro atoms. The maximum Gasteiger partial charge on any atom is 0.434 e. The summed E-state index contributed by atoms with van der Waals surface area (Å²) in [6.45, 7) is 8.31. The second-order valence-corrected chi connectivity index (χ2v) is 7.43. The molecule has 1 heterocycles. The third kappa shape index (κ3) is 6.33. The minimum atomic E-state index is -0.569. The van der Waals surface area contributed by atoms with E-state index in [0.717, 1.165) is 30.4 Å². The lowest BCUT2D eigenvalue weighted by Crippen LogP contribution is -2.43. The van der Waals surface area contributed by atoms with Crippen molar-refractivity contribution in [2.75, 3.05) is 19.8 Å². The number of hydrogen-bond donors (Lipinski definition) is 0. The molecule has 2 rings (SSSR count). The maximum atomic E-state index is 12.3. The molecule has 0 aromatic rings. The summed E-state index contributed by atoms with van der Waals surface area (Å²) in [6.07, 6.45) is 9.99. The molecule has 26 heavy (non-hydrogen) atoms. The van der Waals surface area contributed by atoms with Gasteiger partial charge >= 0.3 is 12.1 Å². The molecule has 1 saturated heterocycles. The van der Waals surface area contributed by atoms with Crippen LogP contribution >= 0.6 is 0 Å². The van der Waals surface area contributed by atoms with Crippen LogP contribution < -0.4 is 0 Å². The molecule has 6 heteroatoms. The van der Waals surface area contributed by atoms with Crippen LogP contribution in [0.15, 0.2) is 35.5 Å². The van der Waals surface area contributed by atoms with Crippen molar-refractivity contribution >= 4 is 12.1 Å². The lowest BCUT2D eigenvalue weighted by atomic mass is 9.95. The van der Waals surface area contributed by atoms with Crippen LogP contribution in [0.2, 0.25) is 0 Å². The van der Waals surface area contributed by atoms with Gasteiger partial charge in [0.1, 0.15) is 5.60 Å². The summed E-state index contributed by atoms with van der Waals surface area (Å²) >= 11 is 0. The Hall–Kier alpha value is -2.08. The van der Waals surface area contributed by atoms with E-state index in [4.69, 9.17) is 14.3 Å². The van der Waals surface area contributed by atoms with E-state index in [1.807, 2.05) is 26.8 Å². The Balaban J connectivity index is 2.15. The van der Waals surface area contributed by atoms with Crippen LogP contribution in [0.1, 0.15) is 47.0 Å². The molecule has 1 atom stereocenters. The number of rotatable bonds is 2. The largest absolute Gasteiger partial charge is 0.463 e. The van der Waals surface area contributed by atoms with E-state index in [1.54, 1.807) is 13.0 Å². The fourth-order valence-corrected chi connectivity index (χ4v) is 2.83. The molecule has 1 unspecified atom stereocenters. The Kier molecular flexibility index (Phi) is 7.03. The summed E-state index contributed by atoms with van der Waals surface area (Å²) < 4.78 is 10.4. The third-order valence-electron chi connectivity index (χ3n) is 3.99. The van der Waals surface area contributed by atoms with Crippen molar-refractivity contribution in [3.63, 3.8) is 0 Å². The zero-order chi connectivity index (χ0) is 19.2. The predicted octanol–water partition coefficient (Wildman–Crippen LogP) is 3.94. The molecule has 0 saturated carbocycles. The number of hydroxylamine groups is 2. The second kappa shape index (κ2) is 9.03. The van der Waals surface area contributed by atoms with E-state index >= 15 is 0 Å². The van der Waals surface area contributed by atoms with Gasteiger partial charge in [-0.2, -0.15) is 5.06 Å². The first-order valence-corrected chi connectivity index (χ1v) is 9.16. The van der Waals surface area contributed by atoms with Crippen molar-refractivity contribution in [1.82, 2.24) is 5.06 Å². The molecule has 0 aromatic carbocycles. The average molecular weight is 363 g/mol. The highest BCUT2D eigenvalue weighted by Crippen LogP contribution is 2.27. The summed E-state index contributed by atoms with van der Waals surface area (Å²) in [5, 5.41) is 1.28. The van der Waals surface area contributed by atoms with Crippen molar-refractivity contribution in [3.05, 3.63) is 35.5 Å². The van der Waals surface area contributed by atoms with Gasteiger partial charge in [-0.3, -0.25) is 4.84 Å². The average Bonchev–Trinajstić information content (AvgIpc) is 2.63. The Labute approximate surface area is 155 Å². The van der Waals surface area contributed by atoms with Crippen LogP contribution in [0.25, 0.3) is 0 Å². The van der Waals surface area contributed by atoms with Crippen molar-refractivity contribution in [3.8, 4) is 0 Å². The lowest BCUT2D eigenvalue weighted by Gasteiger charge is -2.33. The predicted molar refractivity (Wildman–Crippen MR) is 98.2 cm³/mol. The van der Waals surface area contributed by atoms with Gasteiger partial charge in [0.15, 0.2) is 0 Å². The van der Waals surface area contributed by atoms with E-state index in [0.29, 0.717) is 13.2 Å². The van der Waals surface area contributed by atoms with Crippen molar-refractivity contribution in [1.29, 1.82) is 0 Å². The van der Waals surface area contributed by atoms with E-state index in [9.17, 15) is 9.59 Å². The van der Waals surface area contributed by atoms with E-state index in [2.05, 4.69) is 12.2 Å². The van der Waals surface area contributed by atoms with Crippen LogP contribution in [-0.2, 0) is 19.1 Å². The highest BCUT2D eigenvalue weighted by Gasteiger charge is 2.30. The van der Waals surface area contributed by atoms with E-state index in [-0.39, 0.29) is 18.5 Å². The molecule has 144 valence electrons. The van der Waals surface area contributed by atoms with Crippen LogP contribution in [0, 0.1) is 5.92 Å². The third-order valence-corrected chi connectivity index (χ3v) is 3.99. The lowest BCUT2D eigenvalue weighted by molar-refractivity contribution is -0.157. The molecular formula is C20H29NO5. The number of fused-ring (bicyclic) bond motifs is 1. The first kappa shape index (κ1) is 20.2. The SMILES string of the molecule is CCOC(=O)/C=C1/C=C2/CON(C(=O)OC(C)(C)C)CC2/C=C\CCC1. The quantitative estimate of drug-likeness (QED) is 0.422. The monoisotopic (exact) mass is 363 g/mol. The van der Waals surface area contributed by atoms with Crippen LogP contribution in [-0.4, -0.2) is 42.5 Å². The zero-order valence-corrected chi connectivity index (χ0v) is 16.1. The molecule has 1 amide bonds. The number of nitrogens with zero attached hydrogens (tertiary/aromatic N) is 1. The Morgan fingerprint density at radius 2 is 2.15 bits per heavy atom. The van der Waals surface area contributed by atoms with Crippen molar-refractivity contribution in [2.45, 2.75) is 52.6 Å². The summed E-state index contributed by atoms with van der Waals surface area (Å²) in [4.78, 5) is 29.6. The second-order valence-electron chi connectivity index (χ2n) is 7.43. The number of hydrogen-bond acceptors (Lipinski definition) is 5. The van der Waals surface area contributed by atoms with E-state index in [1.165, 1.54) is 5.06 Å². The molecule has 1 aliphatic carbocycles. The topological polar surface area (TPSA) is 65.1 Å². The standard InChI is InChI=1S/C20H29NO5/c1-5-24-18(22)12-15-9-7-6-8-10-16-13-21(25-14-17(16)11-15)19(23)26-20(2,3)4/h8,10-12,16H,5-7,9,13-14H2,1-4H3/b10-8-,15-12+,17-11-. The number of carbonyl (C=O) groups is 2. The molecule has 0 bridgehead atoms. The molecule has 1 fully saturated rings. The molecule has 2 aliphatic rings. The Morgan fingerprint density at radius 1 is 1.38 bits per heavy atom. The molecule has 0 aromatic heterocycles. The zero-order valence-electron chi connectivity index (χ0n) is 16.1. The fourth-order valence-electron chi connectivity index (χ4n) is 2.83. The number of ether oxygens (including phenoxy) is 2. The Morgan fingerprint density at radius 3 is 2.85 bits per heavy atom. The van der Waals surface area contributed by atoms with Gasteiger partial charge in [0.05, 0.1) is 19.8 Å². The van der Waals surface area contributed by atoms with Gasteiger partial charge in [-0.1, -0.05) is 18.2 Å². The van der Waals surface area contributed by atoms with Gasteiger partial charge in [0.25, 0.3) is 0 Å². The smallest absolute Gasteiger partial charge is 0.434 e. The highest BCUT2D eigenvalue weighted by atomic mass is 16.7. The summed E-state index contributed by atoms with van der Waals surface area (Å²) in [7, 11) is 0. The Bertz CT molecular complexity index is 612. The normalized spacial score (nSPS) is 25.8. The molecular weight excluding hydrogens is 334 g/mol. The number of esters is 1. The minimum Gasteiger partial charge on any atom is -0.463 e. The van der Waals surface area contributed by atoms with Crippen molar-refractivity contribution < 1.29 is 23.9 Å². The van der Waals surface area contributed by atoms with Crippen LogP contribution in [0.4, 0.5) is 4.79 Å². The van der Waals surface area contributed by atoms with Gasteiger partial charge < -0.3 is 9.47 Å². The summed E-state index contributed by atoms with van der Waals surface area (Å²) in [5.41, 5.74) is 1.40. The first-order valence-electron chi connectivity index (χ1n) is 9.16. The summed E-state index contributed by atoms with van der Waals surface area (Å²) in [6, 6.07) is 0. The fraction of sp³-hybridized carbons (Fsp3) is 0.600. The van der Waals surface area contributed by atoms with Crippen molar-refractivity contribution in [2.24, 2.45) is 5.92 Å². The number of allylic oxidation sites excluding steroid dienone is 3. The van der Waals surface area contributed by atoms with Crippen LogP contribution in [0.3, 0.4) is 0 Å². The van der Waals surface area contributed by atoms with E-state index < -0.39 is 11.7 Å². The van der Waals surface area contributed by atoms with Gasteiger partial charge in [0, 0.05) is 12.0 Å². The minimum absolute atomic E-state index is 0.0416. The molecule has 6 nitrogen and oxygen atoms in total. The maximum absolute atomic E-state index is 12.3. The summed E-state index contributed by atoms with van der Waals surface area (Å²) in [5.74, 6) is -0.282. The highest BCUT2D eigenvalue weighted by molar-refractivity contribution is 5.83. The van der Waals surface area contributed by atoms with Gasteiger partial charge in [-0.15, -0.1) is 0 Å². The van der Waals surface area contributed by atoms with Gasteiger partial charge in [-0.25, -0.2) is 9.59 Å². The van der Waals surface area contributed by atoms with Crippen LogP contribution in [0.5, 0.6) is 0 Å². The van der Waals surface area contributed by atoms with Gasteiger partial charge in [-0.05, 0) is 58.1 Å².